The van der Waals surface area contributed by atoms with Crippen LogP contribution in [0.15, 0.2) is 60.2 Å². The van der Waals surface area contributed by atoms with Crippen molar-refractivity contribution >= 4 is 62.5 Å². The molecule has 0 radical (unpaired) electrons. The van der Waals surface area contributed by atoms with Gasteiger partial charge in [0.05, 0.1) is 34.7 Å². The van der Waals surface area contributed by atoms with Gasteiger partial charge in [-0.05, 0) is 67.8 Å². The van der Waals surface area contributed by atoms with E-state index < -0.39 is 35.0 Å². The van der Waals surface area contributed by atoms with Crippen molar-refractivity contribution in [3.05, 3.63) is 76.3 Å². The summed E-state index contributed by atoms with van der Waals surface area (Å²) >= 11 is 7.86. The van der Waals surface area contributed by atoms with Crippen molar-refractivity contribution in [3.8, 4) is 16.3 Å². The number of aliphatic hydroxyl groups is 1. The molecule has 6 atom stereocenters. The molecule has 10 nitrogen and oxygen atoms in total. The molecule has 1 saturated carbocycles. The molecular formula is C36H33ClN4O6S. The van der Waals surface area contributed by atoms with Crippen LogP contribution in [-0.4, -0.2) is 51.7 Å². The van der Waals surface area contributed by atoms with Gasteiger partial charge in [0.25, 0.3) is 0 Å². The van der Waals surface area contributed by atoms with Gasteiger partial charge in [-0.15, -0.1) is 11.3 Å². The quantitative estimate of drug-likeness (QED) is 0.212. The summed E-state index contributed by atoms with van der Waals surface area (Å²) in [6.45, 7) is 3.70. The number of aliphatic hydroxyl groups excluding tert-OH is 1. The molecule has 48 heavy (non-hydrogen) atoms. The Bertz CT molecular complexity index is 2100. The first-order valence-corrected chi connectivity index (χ1v) is 17.2. The lowest BCUT2D eigenvalue weighted by molar-refractivity contribution is -0.131. The van der Waals surface area contributed by atoms with Crippen LogP contribution in [0.1, 0.15) is 36.8 Å². The van der Waals surface area contributed by atoms with Crippen molar-refractivity contribution < 1.29 is 29.0 Å². The van der Waals surface area contributed by atoms with Crippen molar-refractivity contribution in [1.82, 2.24) is 15.1 Å². The molecule has 3 fully saturated rings. The van der Waals surface area contributed by atoms with Gasteiger partial charge in [-0.3, -0.25) is 29.2 Å². The number of carbonyl (C=O) groups excluding carboxylic acids is 4. The van der Waals surface area contributed by atoms with Crippen molar-refractivity contribution in [2.45, 2.75) is 32.6 Å². The lowest BCUT2D eigenvalue weighted by Gasteiger charge is -2.49. The molecule has 12 heteroatoms. The molecule has 2 aromatic heterocycles. The number of amides is 4. The fourth-order valence-corrected chi connectivity index (χ4v) is 10.0. The number of fused-ring (bicyclic) bond motifs is 5. The van der Waals surface area contributed by atoms with Gasteiger partial charge < -0.3 is 9.84 Å². The van der Waals surface area contributed by atoms with Crippen molar-refractivity contribution in [3.63, 3.8) is 0 Å². The number of thiophene rings is 1. The number of anilines is 1. The molecule has 2 aliphatic carbocycles. The Hall–Kier alpha value is -4.32. The predicted octanol–water partition coefficient (Wildman–Crippen LogP) is 5.15. The summed E-state index contributed by atoms with van der Waals surface area (Å²) in [5.41, 5.74) is 1.98. The van der Waals surface area contributed by atoms with Crippen molar-refractivity contribution in [1.29, 1.82) is 0 Å². The van der Waals surface area contributed by atoms with Gasteiger partial charge in [0.15, 0.2) is 0 Å². The summed E-state index contributed by atoms with van der Waals surface area (Å²) in [6, 6.07) is 14.9. The molecule has 4 aliphatic rings. The van der Waals surface area contributed by atoms with Gasteiger partial charge in [0, 0.05) is 34.3 Å². The Morgan fingerprint density at radius 2 is 1.90 bits per heavy atom. The highest BCUT2D eigenvalue weighted by Gasteiger charge is 2.67. The minimum absolute atomic E-state index is 0.0497. The largest absolute Gasteiger partial charge is 0.491 e. The number of halogens is 1. The molecule has 2 saturated heterocycles. The third-order valence-electron chi connectivity index (χ3n) is 10.9. The van der Waals surface area contributed by atoms with Crippen LogP contribution in [0.3, 0.4) is 0 Å². The van der Waals surface area contributed by atoms with Crippen LogP contribution in [0.25, 0.3) is 20.7 Å². The first kappa shape index (κ1) is 31.0. The third kappa shape index (κ3) is 4.30. The lowest BCUT2D eigenvalue weighted by atomic mass is 9.51. The Morgan fingerprint density at radius 3 is 2.69 bits per heavy atom. The van der Waals surface area contributed by atoms with E-state index >= 15 is 0 Å². The maximum absolute atomic E-state index is 15.0. The Morgan fingerprint density at radius 1 is 1.10 bits per heavy atom. The van der Waals surface area contributed by atoms with E-state index in [-0.39, 0.29) is 43.3 Å². The molecule has 8 rings (SSSR count). The van der Waals surface area contributed by atoms with Gasteiger partial charge in [0.1, 0.15) is 23.9 Å². The molecule has 0 spiro atoms. The number of rotatable bonds is 6. The van der Waals surface area contributed by atoms with E-state index in [1.165, 1.54) is 4.90 Å². The number of para-hydroxylation sites is 1. The molecule has 4 aromatic rings. The highest BCUT2D eigenvalue weighted by atomic mass is 35.5. The topological polar surface area (TPSA) is 131 Å². The summed E-state index contributed by atoms with van der Waals surface area (Å²) in [5, 5.41) is 18.5. The highest BCUT2D eigenvalue weighted by molar-refractivity contribution is 7.22. The molecule has 4 heterocycles. The second-order valence-corrected chi connectivity index (χ2v) is 14.8. The minimum atomic E-state index is -1.24. The first-order chi connectivity index (χ1) is 23.0. The molecule has 246 valence electrons. The number of nitrogens with zero attached hydrogens (tertiary/aromatic N) is 3. The van der Waals surface area contributed by atoms with E-state index in [0.29, 0.717) is 34.3 Å². The predicted molar refractivity (Wildman–Crippen MR) is 181 cm³/mol. The van der Waals surface area contributed by atoms with Crippen LogP contribution >= 0.6 is 22.9 Å². The van der Waals surface area contributed by atoms with Crippen LogP contribution in [-0.2, 0) is 26.2 Å². The second kappa shape index (κ2) is 11.1. The van der Waals surface area contributed by atoms with Crippen LogP contribution in [0.5, 0.6) is 5.75 Å². The monoisotopic (exact) mass is 684 g/mol. The smallest absolute Gasteiger partial charge is 0.242 e. The van der Waals surface area contributed by atoms with Gasteiger partial charge in [-0.1, -0.05) is 41.4 Å². The fraction of sp³-hybridized carbons (Fsp3) is 0.361. The second-order valence-electron chi connectivity index (χ2n) is 13.3. The lowest BCUT2D eigenvalue weighted by Crippen LogP contribution is -2.49. The SMILES string of the molecule is Cc1c(-c2cc(N3C(=O)C4CC5C(=CCC6C(=O)NC(=O)C65)C(c5ccccc5OCCO)C4(C)C3=O)n(C)n2)sc2ccc(Cl)cc12. The summed E-state index contributed by atoms with van der Waals surface area (Å²) in [6.07, 6.45) is 2.61. The average molecular weight is 685 g/mol. The number of allylic oxidation sites excluding steroid dienone is 2. The van der Waals surface area contributed by atoms with Crippen LogP contribution in [0.4, 0.5) is 5.82 Å². The molecule has 4 amide bonds. The Balaban J connectivity index is 1.26. The summed E-state index contributed by atoms with van der Waals surface area (Å²) in [4.78, 5) is 57.8. The molecule has 2 aromatic carbocycles. The maximum Gasteiger partial charge on any atom is 0.242 e. The number of aryl methyl sites for hydroxylation is 2. The van der Waals surface area contributed by atoms with Crippen LogP contribution in [0, 0.1) is 36.0 Å². The van der Waals surface area contributed by atoms with Crippen LogP contribution in [0.2, 0.25) is 5.02 Å². The van der Waals surface area contributed by atoms with Gasteiger partial charge in [-0.2, -0.15) is 5.10 Å². The van der Waals surface area contributed by atoms with Gasteiger partial charge >= 0.3 is 0 Å². The zero-order valence-electron chi connectivity index (χ0n) is 26.5. The number of aromatic nitrogens is 2. The van der Waals surface area contributed by atoms with Gasteiger partial charge in [0.2, 0.25) is 23.6 Å². The summed E-state index contributed by atoms with van der Waals surface area (Å²) in [7, 11) is 1.72. The number of benzene rings is 2. The third-order valence-corrected chi connectivity index (χ3v) is 12.4. The summed E-state index contributed by atoms with van der Waals surface area (Å²) in [5.74, 6) is -3.46. The molecular weight excluding hydrogens is 652 g/mol. The number of hydrogen-bond donors (Lipinski definition) is 2. The van der Waals surface area contributed by atoms with Crippen LogP contribution < -0.4 is 15.0 Å². The molecule has 2 N–H and O–H groups in total. The van der Waals surface area contributed by atoms with Crippen molar-refractivity contribution in [2.24, 2.45) is 36.1 Å². The Labute approximate surface area is 285 Å². The van der Waals surface area contributed by atoms with E-state index in [1.54, 1.807) is 35.2 Å². The summed E-state index contributed by atoms with van der Waals surface area (Å²) < 4.78 is 8.61. The van der Waals surface area contributed by atoms with Gasteiger partial charge in [-0.25, -0.2) is 4.90 Å². The number of imide groups is 2. The number of ether oxygens (including phenoxy) is 1. The maximum atomic E-state index is 15.0. The average Bonchev–Trinajstić information content (AvgIpc) is 3.75. The van der Waals surface area contributed by atoms with E-state index in [2.05, 4.69) is 5.32 Å². The van der Waals surface area contributed by atoms with Crippen molar-refractivity contribution in [2.75, 3.05) is 18.1 Å². The first-order valence-electron chi connectivity index (χ1n) is 16.0. The molecule has 6 unspecified atom stereocenters. The molecule has 2 aliphatic heterocycles. The molecule has 0 bridgehead atoms. The minimum Gasteiger partial charge on any atom is -0.491 e. The van der Waals surface area contributed by atoms with E-state index in [1.807, 2.05) is 56.3 Å². The normalized spacial score (nSPS) is 28.0. The van der Waals surface area contributed by atoms with E-state index in [9.17, 15) is 24.3 Å². The zero-order chi connectivity index (χ0) is 33.6. The standard InChI is InChI=1S/C36H33ClN4O6S/c1-17-22-14-18(37)8-11-27(22)48-31(17)25-16-28(40(3)39-25)41-34(45)24-15-23-19(9-10-21-29(23)33(44)38-32(21)43)30(36(24,2)35(41)46)20-6-4-5-7-26(20)47-13-12-42/h4-9,11,14,16,21,23-24,29-30,42H,10,12-13,15H2,1-3H3,(H,38,43,44). The van der Waals surface area contributed by atoms with E-state index in [4.69, 9.17) is 21.4 Å². The highest BCUT2D eigenvalue weighted by Crippen LogP contribution is 2.64. The van der Waals surface area contributed by atoms with E-state index in [0.717, 1.165) is 26.1 Å². The zero-order valence-corrected chi connectivity index (χ0v) is 28.1. The number of nitrogens with one attached hydrogen (secondary N) is 1. The number of carbonyl (C=O) groups is 4. The fourth-order valence-electron chi connectivity index (χ4n) is 8.71. The number of hydrogen-bond acceptors (Lipinski definition) is 8. The Kier molecular flexibility index (Phi) is 7.17.